The van der Waals surface area contributed by atoms with Gasteiger partial charge < -0.3 is 23.8 Å². The highest BCUT2D eigenvalue weighted by molar-refractivity contribution is 6.43. The molecule has 0 saturated carbocycles. The van der Waals surface area contributed by atoms with E-state index in [1.807, 2.05) is 60.7 Å². The molecule has 0 amide bonds. The SMILES string of the molecule is Clc1cccc(-c2cc(N(CCCN3C=CC=CC=C3)Cc3ccc4c(c3)OCO4)on2)c1Cl. The van der Waals surface area contributed by atoms with Crippen LogP contribution in [0.1, 0.15) is 12.0 Å². The highest BCUT2D eigenvalue weighted by atomic mass is 35.5. The van der Waals surface area contributed by atoms with Crippen molar-refractivity contribution < 1.29 is 14.0 Å². The van der Waals surface area contributed by atoms with Gasteiger partial charge >= 0.3 is 0 Å². The number of benzene rings is 2. The van der Waals surface area contributed by atoms with Gasteiger partial charge in [0.25, 0.3) is 0 Å². The number of allylic oxidation sites excluding steroid dienone is 4. The Bertz CT molecular complexity index is 1240. The molecule has 5 rings (SSSR count). The zero-order valence-corrected chi connectivity index (χ0v) is 19.9. The molecule has 2 aromatic carbocycles. The number of hydrogen-bond donors (Lipinski definition) is 0. The van der Waals surface area contributed by atoms with Crippen LogP contribution >= 0.6 is 23.2 Å². The summed E-state index contributed by atoms with van der Waals surface area (Å²) < 4.78 is 16.8. The first kappa shape index (κ1) is 22.4. The van der Waals surface area contributed by atoms with E-state index in [9.17, 15) is 0 Å². The van der Waals surface area contributed by atoms with Crippen LogP contribution in [-0.4, -0.2) is 29.9 Å². The molecule has 0 saturated heterocycles. The fourth-order valence-corrected chi connectivity index (χ4v) is 4.26. The Morgan fingerprint density at radius 1 is 0.941 bits per heavy atom. The van der Waals surface area contributed by atoms with Crippen LogP contribution in [0.5, 0.6) is 11.5 Å². The highest BCUT2D eigenvalue weighted by Gasteiger charge is 2.19. The lowest BCUT2D eigenvalue weighted by Gasteiger charge is -2.23. The molecule has 0 atom stereocenters. The van der Waals surface area contributed by atoms with Crippen molar-refractivity contribution in [2.45, 2.75) is 13.0 Å². The number of rotatable bonds is 8. The molecule has 0 bridgehead atoms. The summed E-state index contributed by atoms with van der Waals surface area (Å²) in [7, 11) is 0. The first-order valence-electron chi connectivity index (χ1n) is 11.0. The standard InChI is InChI=1S/C26H23Cl2N3O3/c27-21-8-5-7-20(26(21)28)22-16-25(34-29-22)31(14-6-13-30-11-3-1-2-4-12-30)17-19-9-10-23-24(15-19)33-18-32-23/h1-5,7-12,15-16H,6,13-14,17-18H2. The number of ether oxygens (including phenoxy) is 2. The normalized spacial score (nSPS) is 14.0. The van der Waals surface area contributed by atoms with Crippen LogP contribution in [-0.2, 0) is 6.54 Å². The summed E-state index contributed by atoms with van der Waals surface area (Å²) in [4.78, 5) is 4.33. The third kappa shape index (κ3) is 5.08. The maximum absolute atomic E-state index is 6.41. The van der Waals surface area contributed by atoms with Crippen LogP contribution in [0.25, 0.3) is 11.3 Å². The monoisotopic (exact) mass is 495 g/mol. The molecular formula is C26H23Cl2N3O3. The van der Waals surface area contributed by atoms with Gasteiger partial charge in [0.2, 0.25) is 12.7 Å². The molecular weight excluding hydrogens is 473 g/mol. The van der Waals surface area contributed by atoms with Crippen LogP contribution in [0.2, 0.25) is 10.0 Å². The van der Waals surface area contributed by atoms with Crippen molar-refractivity contribution in [2.24, 2.45) is 0 Å². The molecule has 2 aliphatic rings. The van der Waals surface area contributed by atoms with E-state index in [1.54, 1.807) is 6.07 Å². The summed E-state index contributed by atoms with van der Waals surface area (Å²) in [5.41, 5.74) is 2.46. The van der Waals surface area contributed by atoms with E-state index in [-0.39, 0.29) is 6.79 Å². The molecule has 0 fully saturated rings. The Hall–Kier alpha value is -3.35. The molecule has 3 aromatic rings. The minimum atomic E-state index is 0.250. The van der Waals surface area contributed by atoms with Crippen molar-refractivity contribution in [3.63, 3.8) is 0 Å². The maximum atomic E-state index is 6.41. The topological polar surface area (TPSA) is 51.0 Å². The number of nitrogens with zero attached hydrogens (tertiary/aromatic N) is 3. The van der Waals surface area contributed by atoms with Crippen molar-refractivity contribution in [1.29, 1.82) is 0 Å². The van der Waals surface area contributed by atoms with Crippen LogP contribution in [0.15, 0.2) is 83.7 Å². The van der Waals surface area contributed by atoms with Crippen molar-refractivity contribution >= 4 is 29.1 Å². The van der Waals surface area contributed by atoms with Gasteiger partial charge in [-0.25, -0.2) is 0 Å². The average molecular weight is 496 g/mol. The summed E-state index contributed by atoms with van der Waals surface area (Å²) >= 11 is 12.6. The zero-order valence-electron chi connectivity index (χ0n) is 18.4. The summed E-state index contributed by atoms with van der Waals surface area (Å²) in [6.45, 7) is 2.51. The van der Waals surface area contributed by atoms with Crippen LogP contribution in [0, 0.1) is 0 Å². The number of halogens is 2. The lowest BCUT2D eigenvalue weighted by atomic mass is 10.1. The third-order valence-electron chi connectivity index (χ3n) is 5.58. The Morgan fingerprint density at radius 3 is 2.62 bits per heavy atom. The van der Waals surface area contributed by atoms with Gasteiger partial charge in [-0.3, -0.25) is 0 Å². The molecule has 8 heteroatoms. The Morgan fingerprint density at radius 2 is 1.76 bits per heavy atom. The molecule has 2 aliphatic heterocycles. The molecule has 0 N–H and O–H groups in total. The second-order valence-corrected chi connectivity index (χ2v) is 8.71. The molecule has 3 heterocycles. The van der Waals surface area contributed by atoms with Gasteiger partial charge in [-0.05, 0) is 42.3 Å². The van der Waals surface area contributed by atoms with Gasteiger partial charge in [-0.1, -0.05) is 58.7 Å². The van der Waals surface area contributed by atoms with Gasteiger partial charge in [0, 0.05) is 43.7 Å². The second kappa shape index (κ2) is 10.3. The Balaban J connectivity index is 1.36. The first-order chi connectivity index (χ1) is 16.7. The summed E-state index contributed by atoms with van der Waals surface area (Å²) in [5, 5.41) is 5.21. The van der Waals surface area contributed by atoms with E-state index >= 15 is 0 Å². The van der Waals surface area contributed by atoms with E-state index < -0.39 is 0 Å². The minimum absolute atomic E-state index is 0.250. The summed E-state index contributed by atoms with van der Waals surface area (Å²) in [5.74, 6) is 2.18. The number of hydrogen-bond acceptors (Lipinski definition) is 6. The lowest BCUT2D eigenvalue weighted by molar-refractivity contribution is 0.174. The molecule has 6 nitrogen and oxygen atoms in total. The predicted molar refractivity (Wildman–Crippen MR) is 134 cm³/mol. The zero-order chi connectivity index (χ0) is 23.3. The van der Waals surface area contributed by atoms with Crippen molar-refractivity contribution in [3.05, 3.63) is 94.8 Å². The molecule has 34 heavy (non-hydrogen) atoms. The summed E-state index contributed by atoms with van der Waals surface area (Å²) in [6, 6.07) is 13.4. The Kier molecular flexibility index (Phi) is 6.79. The van der Waals surface area contributed by atoms with Gasteiger partial charge in [-0.15, -0.1) is 0 Å². The predicted octanol–water partition coefficient (Wildman–Crippen LogP) is 6.67. The lowest BCUT2D eigenvalue weighted by Crippen LogP contribution is -2.26. The fraction of sp³-hybridized carbons (Fsp3) is 0.192. The quantitative estimate of drug-likeness (QED) is 0.347. The van der Waals surface area contributed by atoms with Gasteiger partial charge in [0.05, 0.1) is 10.0 Å². The van der Waals surface area contributed by atoms with E-state index in [0.717, 1.165) is 42.1 Å². The van der Waals surface area contributed by atoms with Gasteiger partial charge in [0.15, 0.2) is 11.5 Å². The number of aromatic nitrogens is 1. The third-order valence-corrected chi connectivity index (χ3v) is 6.40. The van der Waals surface area contributed by atoms with E-state index in [0.29, 0.717) is 28.2 Å². The van der Waals surface area contributed by atoms with Gasteiger partial charge in [-0.2, -0.15) is 0 Å². The van der Waals surface area contributed by atoms with Gasteiger partial charge in [0.1, 0.15) is 5.69 Å². The Labute approximate surface area is 208 Å². The van der Waals surface area contributed by atoms with E-state index in [1.165, 1.54) is 0 Å². The smallest absolute Gasteiger partial charge is 0.231 e. The summed E-state index contributed by atoms with van der Waals surface area (Å²) in [6.07, 6.45) is 13.1. The van der Waals surface area contributed by atoms with Crippen molar-refractivity contribution in [1.82, 2.24) is 10.1 Å². The van der Waals surface area contributed by atoms with E-state index in [2.05, 4.69) is 27.4 Å². The largest absolute Gasteiger partial charge is 0.454 e. The number of fused-ring (bicyclic) bond motifs is 1. The first-order valence-corrected chi connectivity index (χ1v) is 11.7. The second-order valence-electron chi connectivity index (χ2n) is 7.92. The maximum Gasteiger partial charge on any atom is 0.231 e. The van der Waals surface area contributed by atoms with Crippen molar-refractivity contribution in [2.75, 3.05) is 24.8 Å². The molecule has 174 valence electrons. The minimum Gasteiger partial charge on any atom is -0.454 e. The van der Waals surface area contributed by atoms with Crippen LogP contribution in [0.4, 0.5) is 5.88 Å². The molecule has 0 unspecified atom stereocenters. The molecule has 1 aromatic heterocycles. The van der Waals surface area contributed by atoms with Crippen molar-refractivity contribution in [3.8, 4) is 22.8 Å². The highest BCUT2D eigenvalue weighted by Crippen LogP contribution is 2.36. The average Bonchev–Trinajstić information content (AvgIpc) is 3.44. The fourth-order valence-electron chi connectivity index (χ4n) is 3.86. The van der Waals surface area contributed by atoms with Crippen LogP contribution < -0.4 is 14.4 Å². The molecule has 0 radical (unpaired) electrons. The number of anilines is 1. The molecule has 0 aliphatic carbocycles. The molecule has 0 spiro atoms. The van der Waals surface area contributed by atoms with Crippen LogP contribution in [0.3, 0.4) is 0 Å². The van der Waals surface area contributed by atoms with E-state index in [4.69, 9.17) is 37.2 Å².